The number of Topliss-reactive ketones (excluding diaryl/α,β-unsaturated/α-hetero) is 1. The van der Waals surface area contributed by atoms with Crippen LogP contribution in [0.25, 0.3) is 0 Å². The van der Waals surface area contributed by atoms with Gasteiger partial charge in [0.2, 0.25) is 0 Å². The lowest BCUT2D eigenvalue weighted by Gasteiger charge is -2.35. The van der Waals surface area contributed by atoms with E-state index in [0.29, 0.717) is 18.6 Å². The molecule has 6 heteroatoms. The molecule has 0 bridgehead atoms. The number of carbonyl (C=O) groups excluding carboxylic acids is 2. The molecule has 1 aliphatic heterocycles. The SMILES string of the molecule is CCCOC(=O)C1=C(C)NC2=C(C(=O)C[C@@H](c3cccs3)C2)[C@@H]1c1cccs1. The molecule has 2 atom stereocenters. The van der Waals surface area contributed by atoms with Gasteiger partial charge in [-0.05, 0) is 42.7 Å². The fraction of sp³-hybridized carbons (Fsp3) is 0.364. The Balaban J connectivity index is 1.75. The molecule has 2 aromatic rings. The van der Waals surface area contributed by atoms with Gasteiger partial charge in [-0.25, -0.2) is 4.79 Å². The molecule has 2 aliphatic rings. The highest BCUT2D eigenvalue weighted by Gasteiger charge is 2.41. The molecule has 0 amide bonds. The lowest BCUT2D eigenvalue weighted by molar-refractivity contribution is -0.139. The molecule has 146 valence electrons. The summed E-state index contributed by atoms with van der Waals surface area (Å²) in [6.45, 7) is 4.26. The van der Waals surface area contributed by atoms with E-state index in [1.165, 1.54) is 4.88 Å². The first-order valence-electron chi connectivity index (χ1n) is 9.58. The molecule has 4 nitrogen and oxygen atoms in total. The molecule has 28 heavy (non-hydrogen) atoms. The molecule has 3 heterocycles. The minimum atomic E-state index is -0.336. The van der Waals surface area contributed by atoms with E-state index in [1.807, 2.05) is 37.4 Å². The fourth-order valence-electron chi connectivity index (χ4n) is 4.05. The summed E-state index contributed by atoms with van der Waals surface area (Å²) < 4.78 is 5.46. The van der Waals surface area contributed by atoms with Crippen molar-refractivity contribution in [3.63, 3.8) is 0 Å². The largest absolute Gasteiger partial charge is 0.462 e. The molecule has 2 aromatic heterocycles. The number of rotatable bonds is 5. The summed E-state index contributed by atoms with van der Waals surface area (Å²) in [5.74, 6) is -0.342. The van der Waals surface area contributed by atoms with Crippen molar-refractivity contribution in [1.82, 2.24) is 5.32 Å². The number of esters is 1. The van der Waals surface area contributed by atoms with Gasteiger partial charge in [0.05, 0.1) is 18.1 Å². The van der Waals surface area contributed by atoms with Gasteiger partial charge >= 0.3 is 5.97 Å². The fourth-order valence-corrected chi connectivity index (χ4v) is 5.72. The van der Waals surface area contributed by atoms with E-state index in [2.05, 4.69) is 16.8 Å². The van der Waals surface area contributed by atoms with Crippen molar-refractivity contribution in [3.05, 3.63) is 67.3 Å². The van der Waals surface area contributed by atoms with Gasteiger partial charge in [-0.1, -0.05) is 19.1 Å². The third kappa shape index (κ3) is 3.47. The van der Waals surface area contributed by atoms with Gasteiger partial charge in [-0.2, -0.15) is 0 Å². The van der Waals surface area contributed by atoms with Gasteiger partial charge in [-0.15, -0.1) is 22.7 Å². The first kappa shape index (κ1) is 19.2. The van der Waals surface area contributed by atoms with Crippen LogP contribution in [0.3, 0.4) is 0 Å². The molecule has 4 rings (SSSR count). The van der Waals surface area contributed by atoms with Gasteiger partial charge in [0.15, 0.2) is 5.78 Å². The maximum Gasteiger partial charge on any atom is 0.336 e. The van der Waals surface area contributed by atoms with E-state index in [-0.39, 0.29) is 23.6 Å². The third-order valence-corrected chi connectivity index (χ3v) is 7.23. The Hall–Kier alpha value is -2.18. The van der Waals surface area contributed by atoms with Crippen molar-refractivity contribution in [2.24, 2.45) is 0 Å². The van der Waals surface area contributed by atoms with Crippen LogP contribution >= 0.6 is 22.7 Å². The van der Waals surface area contributed by atoms with Crippen LogP contribution in [0, 0.1) is 0 Å². The topological polar surface area (TPSA) is 55.4 Å². The Morgan fingerprint density at radius 2 is 1.89 bits per heavy atom. The number of hydrogen-bond acceptors (Lipinski definition) is 6. The lowest BCUT2D eigenvalue weighted by atomic mass is 9.74. The highest BCUT2D eigenvalue weighted by Crippen LogP contribution is 2.47. The summed E-state index contributed by atoms with van der Waals surface area (Å²) >= 11 is 3.28. The number of ketones is 1. The lowest BCUT2D eigenvalue weighted by Crippen LogP contribution is -2.35. The molecule has 0 aromatic carbocycles. The predicted molar refractivity (Wildman–Crippen MR) is 112 cm³/mol. The van der Waals surface area contributed by atoms with Crippen molar-refractivity contribution >= 4 is 34.4 Å². The Morgan fingerprint density at radius 1 is 1.18 bits per heavy atom. The average Bonchev–Trinajstić information content (AvgIpc) is 3.38. The van der Waals surface area contributed by atoms with E-state index in [9.17, 15) is 9.59 Å². The van der Waals surface area contributed by atoms with Crippen molar-refractivity contribution in [3.8, 4) is 0 Å². The van der Waals surface area contributed by atoms with Crippen LogP contribution in [-0.2, 0) is 14.3 Å². The summed E-state index contributed by atoms with van der Waals surface area (Å²) in [7, 11) is 0. The van der Waals surface area contributed by atoms with Crippen molar-refractivity contribution < 1.29 is 14.3 Å². The maximum absolute atomic E-state index is 13.3. The van der Waals surface area contributed by atoms with E-state index >= 15 is 0 Å². The number of thiophene rings is 2. The molecular formula is C22H23NO3S2. The summed E-state index contributed by atoms with van der Waals surface area (Å²) in [4.78, 5) is 28.4. The smallest absolute Gasteiger partial charge is 0.336 e. The highest BCUT2D eigenvalue weighted by atomic mass is 32.1. The van der Waals surface area contributed by atoms with Crippen LogP contribution in [0.15, 0.2) is 57.6 Å². The quantitative estimate of drug-likeness (QED) is 0.691. The van der Waals surface area contributed by atoms with E-state index in [0.717, 1.165) is 34.7 Å². The second-order valence-electron chi connectivity index (χ2n) is 7.18. The number of ether oxygens (including phenoxy) is 1. The van der Waals surface area contributed by atoms with Gasteiger partial charge in [0, 0.05) is 39.1 Å². The van der Waals surface area contributed by atoms with E-state index in [1.54, 1.807) is 22.7 Å². The molecule has 0 unspecified atom stereocenters. The zero-order valence-corrected chi connectivity index (χ0v) is 17.6. The summed E-state index contributed by atoms with van der Waals surface area (Å²) in [6.07, 6.45) is 2.04. The second-order valence-corrected chi connectivity index (χ2v) is 9.14. The van der Waals surface area contributed by atoms with Crippen molar-refractivity contribution in [2.45, 2.75) is 44.9 Å². The third-order valence-electron chi connectivity index (χ3n) is 5.26. The van der Waals surface area contributed by atoms with Crippen LogP contribution in [0.2, 0.25) is 0 Å². The summed E-state index contributed by atoms with van der Waals surface area (Å²) in [6, 6.07) is 8.10. The standard InChI is InChI=1S/C22H23NO3S2/c1-3-8-26-22(25)19-13(2)23-15-11-14(17-6-4-9-27-17)12-16(24)20(15)21(19)18-7-5-10-28-18/h4-7,9-10,14,21,23H,3,8,11-12H2,1-2H3/t14-,21+/m0/s1. The molecule has 0 radical (unpaired) electrons. The number of dihydropyridines is 1. The van der Waals surface area contributed by atoms with Gasteiger partial charge in [0.25, 0.3) is 0 Å². The predicted octanol–water partition coefficient (Wildman–Crippen LogP) is 5.12. The molecule has 0 saturated heterocycles. The Kier molecular flexibility index (Phi) is 5.51. The van der Waals surface area contributed by atoms with Crippen LogP contribution < -0.4 is 5.32 Å². The number of carbonyl (C=O) groups is 2. The van der Waals surface area contributed by atoms with Crippen LogP contribution in [0.5, 0.6) is 0 Å². The van der Waals surface area contributed by atoms with Crippen molar-refractivity contribution in [2.75, 3.05) is 6.61 Å². The monoisotopic (exact) mass is 413 g/mol. The van der Waals surface area contributed by atoms with Crippen molar-refractivity contribution in [1.29, 1.82) is 0 Å². The van der Waals surface area contributed by atoms with Gasteiger partial charge in [0.1, 0.15) is 0 Å². The van der Waals surface area contributed by atoms with Crippen LogP contribution in [0.1, 0.15) is 54.7 Å². The zero-order valence-electron chi connectivity index (χ0n) is 16.0. The Bertz CT molecular complexity index is 939. The van der Waals surface area contributed by atoms with E-state index < -0.39 is 0 Å². The minimum absolute atomic E-state index is 0.124. The van der Waals surface area contributed by atoms with Crippen LogP contribution in [-0.4, -0.2) is 18.4 Å². The summed E-state index contributed by atoms with van der Waals surface area (Å²) in [5, 5.41) is 7.43. The van der Waals surface area contributed by atoms with E-state index in [4.69, 9.17) is 4.74 Å². The number of nitrogens with one attached hydrogen (secondary N) is 1. The molecular weight excluding hydrogens is 390 g/mol. The maximum atomic E-state index is 13.3. The number of hydrogen-bond donors (Lipinski definition) is 1. The van der Waals surface area contributed by atoms with Gasteiger partial charge < -0.3 is 10.1 Å². The number of allylic oxidation sites excluding steroid dienone is 3. The van der Waals surface area contributed by atoms with Crippen LogP contribution in [0.4, 0.5) is 0 Å². The minimum Gasteiger partial charge on any atom is -0.462 e. The molecule has 1 aliphatic carbocycles. The molecule has 1 N–H and O–H groups in total. The van der Waals surface area contributed by atoms with Gasteiger partial charge in [-0.3, -0.25) is 4.79 Å². The highest BCUT2D eigenvalue weighted by molar-refractivity contribution is 7.10. The molecule has 0 saturated carbocycles. The Labute approximate surface area is 172 Å². The molecule has 0 fully saturated rings. The molecule has 0 spiro atoms. The first-order chi connectivity index (χ1) is 13.6. The normalized spacial score (nSPS) is 22.1. The zero-order chi connectivity index (χ0) is 19.7. The average molecular weight is 414 g/mol. The first-order valence-corrected chi connectivity index (χ1v) is 11.3. The summed E-state index contributed by atoms with van der Waals surface area (Å²) in [5.41, 5.74) is 3.05. The second kappa shape index (κ2) is 8.05. The Morgan fingerprint density at radius 3 is 2.54 bits per heavy atom.